The molecule has 0 N–H and O–H groups in total. The van der Waals surface area contributed by atoms with Crippen molar-refractivity contribution < 1.29 is 4.42 Å². The van der Waals surface area contributed by atoms with Crippen LogP contribution >= 0.6 is 0 Å². The molecule has 4 aromatic heterocycles. The van der Waals surface area contributed by atoms with E-state index in [9.17, 15) is 0 Å². The highest BCUT2D eigenvalue weighted by atomic mass is 16.3. The van der Waals surface area contributed by atoms with Crippen LogP contribution < -0.4 is 0 Å². The van der Waals surface area contributed by atoms with Crippen LogP contribution in [0.2, 0.25) is 0 Å². The lowest BCUT2D eigenvalue weighted by Crippen LogP contribution is -2.34. The molecule has 1 aliphatic carbocycles. The van der Waals surface area contributed by atoms with Gasteiger partial charge in [-0.2, -0.15) is 9.97 Å². The van der Waals surface area contributed by atoms with Crippen molar-refractivity contribution >= 4 is 76.3 Å². The number of fused-ring (bicyclic) bond motifs is 13. The second kappa shape index (κ2) is 13.0. The average Bonchev–Trinajstić information content (AvgIpc) is 3.97. The average molecular weight is 814 g/mol. The number of hydrogen-bond acceptors (Lipinski definition) is 4. The van der Waals surface area contributed by atoms with Crippen LogP contribution in [0.4, 0.5) is 0 Å². The zero-order valence-corrected chi connectivity index (χ0v) is 35.6. The molecule has 13 rings (SSSR count). The lowest BCUT2D eigenvalue weighted by molar-refractivity contribution is 0.334. The lowest BCUT2D eigenvalue weighted by atomic mass is 9.62. The SMILES string of the molecule is CC1(C)CCC(C)(C)c2c1ccc1c3cc4c5c6ccccc6ccc5n(-c5nc(-c6ccccc6)nc(-c6ccc7c(c6)oc6ccccc67)n5)c4cc3n(-c3ccccc3)c21. The number of benzene rings is 8. The maximum Gasteiger partial charge on any atom is 0.238 e. The highest BCUT2D eigenvalue weighted by Gasteiger charge is 2.40. The number of hydrogen-bond donors (Lipinski definition) is 0. The second-order valence-corrected chi connectivity index (χ2v) is 18.7. The minimum atomic E-state index is -0.0106. The van der Waals surface area contributed by atoms with Crippen LogP contribution in [0, 0.1) is 0 Å². The van der Waals surface area contributed by atoms with Gasteiger partial charge in [-0.1, -0.05) is 143 Å². The lowest BCUT2D eigenvalue weighted by Gasteiger charge is -2.42. The van der Waals surface area contributed by atoms with Crippen molar-refractivity contribution in [3.63, 3.8) is 0 Å². The van der Waals surface area contributed by atoms with Crippen LogP contribution in [0.15, 0.2) is 168 Å². The molecule has 63 heavy (non-hydrogen) atoms. The predicted molar refractivity (Wildman–Crippen MR) is 259 cm³/mol. The molecule has 0 aliphatic heterocycles. The molecule has 0 fully saturated rings. The van der Waals surface area contributed by atoms with Gasteiger partial charge >= 0.3 is 0 Å². The summed E-state index contributed by atoms with van der Waals surface area (Å²) in [6, 6.07) is 58.4. The Morgan fingerprint density at radius 2 is 1.13 bits per heavy atom. The Hall–Kier alpha value is -7.57. The van der Waals surface area contributed by atoms with E-state index < -0.39 is 0 Å². The van der Waals surface area contributed by atoms with E-state index in [1.54, 1.807) is 0 Å². The number of nitrogens with zero attached hydrogens (tertiary/aromatic N) is 5. The van der Waals surface area contributed by atoms with Gasteiger partial charge in [0.15, 0.2) is 11.6 Å². The molecule has 0 radical (unpaired) electrons. The maximum absolute atomic E-state index is 6.38. The normalized spacial score (nSPS) is 14.8. The van der Waals surface area contributed by atoms with E-state index in [1.807, 2.05) is 36.4 Å². The molecule has 0 spiro atoms. The summed E-state index contributed by atoms with van der Waals surface area (Å²) in [5.74, 6) is 1.74. The second-order valence-electron chi connectivity index (χ2n) is 18.7. The highest BCUT2D eigenvalue weighted by Crippen LogP contribution is 2.51. The topological polar surface area (TPSA) is 61.7 Å². The smallest absolute Gasteiger partial charge is 0.238 e. The van der Waals surface area contributed by atoms with Crippen molar-refractivity contribution in [2.24, 2.45) is 0 Å². The first kappa shape index (κ1) is 36.1. The summed E-state index contributed by atoms with van der Waals surface area (Å²) in [4.78, 5) is 15.9. The highest BCUT2D eigenvalue weighted by molar-refractivity contribution is 6.25. The Bertz CT molecular complexity index is 3850. The zero-order valence-electron chi connectivity index (χ0n) is 35.6. The van der Waals surface area contributed by atoms with Gasteiger partial charge in [0.05, 0.1) is 22.1 Å². The van der Waals surface area contributed by atoms with E-state index in [0.29, 0.717) is 17.6 Å². The maximum atomic E-state index is 6.38. The molecule has 302 valence electrons. The predicted octanol–water partition coefficient (Wildman–Crippen LogP) is 14.8. The third-order valence-corrected chi connectivity index (χ3v) is 14.0. The summed E-state index contributed by atoms with van der Waals surface area (Å²) in [6.45, 7) is 9.70. The molecule has 0 bridgehead atoms. The molecule has 4 heterocycles. The third kappa shape index (κ3) is 5.27. The molecule has 6 heteroatoms. The van der Waals surface area contributed by atoms with E-state index in [-0.39, 0.29) is 10.8 Å². The minimum absolute atomic E-state index is 0.0106. The van der Waals surface area contributed by atoms with Crippen molar-refractivity contribution in [3.8, 4) is 34.4 Å². The Labute approximate surface area is 364 Å². The van der Waals surface area contributed by atoms with Crippen LogP contribution in [-0.4, -0.2) is 24.1 Å². The van der Waals surface area contributed by atoms with Crippen LogP contribution in [0.3, 0.4) is 0 Å². The Morgan fingerprint density at radius 3 is 1.95 bits per heavy atom. The number of rotatable bonds is 4. The summed E-state index contributed by atoms with van der Waals surface area (Å²) >= 11 is 0. The first-order chi connectivity index (χ1) is 30.7. The van der Waals surface area contributed by atoms with E-state index >= 15 is 0 Å². The molecule has 0 amide bonds. The summed E-state index contributed by atoms with van der Waals surface area (Å²) in [5.41, 5.74) is 12.1. The molecule has 0 saturated heterocycles. The van der Waals surface area contributed by atoms with Crippen LogP contribution in [0.5, 0.6) is 0 Å². The molecule has 1 aliphatic rings. The molecule has 0 saturated carbocycles. The number of furan rings is 1. The van der Waals surface area contributed by atoms with Gasteiger partial charge < -0.3 is 8.98 Å². The van der Waals surface area contributed by atoms with E-state index in [0.717, 1.165) is 73.5 Å². The standard InChI is InChI=1S/C57H43N5O/c1-56(2)29-30-57(3,4)51-44(56)27-26-41-42-32-43-47(33-46(42)61(52(41)51)37-18-9-6-10-19-37)62(45-28-24-34-15-11-12-20-38(34)50(43)45)55-59-53(35-16-7-5-8-17-35)58-54(60-55)36-23-25-40-39-21-13-14-22-48(39)63-49(40)31-36/h5-28,31-33H,29-30H2,1-4H3. The molecular formula is C57H43N5O. The summed E-state index contributed by atoms with van der Waals surface area (Å²) in [6.07, 6.45) is 2.28. The fourth-order valence-electron chi connectivity index (χ4n) is 10.8. The fraction of sp³-hybridized carbons (Fsp3) is 0.140. The van der Waals surface area contributed by atoms with Crippen molar-refractivity contribution in [1.29, 1.82) is 0 Å². The number of para-hydroxylation sites is 2. The third-order valence-electron chi connectivity index (χ3n) is 14.0. The van der Waals surface area contributed by atoms with Crippen molar-refractivity contribution in [2.45, 2.75) is 51.4 Å². The molecule has 6 nitrogen and oxygen atoms in total. The molecular weight excluding hydrogens is 771 g/mol. The van der Waals surface area contributed by atoms with E-state index in [2.05, 4.69) is 164 Å². The Kier molecular flexibility index (Phi) is 7.44. The Morgan fingerprint density at radius 1 is 0.460 bits per heavy atom. The minimum Gasteiger partial charge on any atom is -0.456 e. The summed E-state index contributed by atoms with van der Waals surface area (Å²) < 4.78 is 11.2. The van der Waals surface area contributed by atoms with Crippen molar-refractivity contribution in [1.82, 2.24) is 24.1 Å². The summed E-state index contributed by atoms with van der Waals surface area (Å²) in [7, 11) is 0. The fourth-order valence-corrected chi connectivity index (χ4v) is 10.8. The van der Waals surface area contributed by atoms with E-state index in [4.69, 9.17) is 19.4 Å². The molecule has 0 atom stereocenters. The zero-order chi connectivity index (χ0) is 42.2. The number of aromatic nitrogens is 5. The quantitative estimate of drug-likeness (QED) is 0.178. The molecule has 0 unspecified atom stereocenters. The summed E-state index contributed by atoms with van der Waals surface area (Å²) in [5, 5.41) is 9.37. The van der Waals surface area contributed by atoms with E-state index in [1.165, 1.54) is 43.6 Å². The van der Waals surface area contributed by atoms with Gasteiger partial charge in [-0.25, -0.2) is 4.98 Å². The van der Waals surface area contributed by atoms with Crippen LogP contribution in [0.1, 0.15) is 51.7 Å². The van der Waals surface area contributed by atoms with Crippen molar-refractivity contribution in [3.05, 3.63) is 175 Å². The first-order valence-electron chi connectivity index (χ1n) is 22.0. The van der Waals surface area contributed by atoms with Gasteiger partial charge in [-0.15, -0.1) is 0 Å². The van der Waals surface area contributed by atoms with Crippen LogP contribution in [-0.2, 0) is 10.8 Å². The van der Waals surface area contributed by atoms with Gasteiger partial charge in [0.25, 0.3) is 0 Å². The monoisotopic (exact) mass is 813 g/mol. The van der Waals surface area contributed by atoms with Gasteiger partial charge in [-0.05, 0) is 94.1 Å². The van der Waals surface area contributed by atoms with Gasteiger partial charge in [0.1, 0.15) is 11.2 Å². The molecule has 8 aromatic carbocycles. The largest absolute Gasteiger partial charge is 0.456 e. The van der Waals surface area contributed by atoms with Crippen molar-refractivity contribution in [2.75, 3.05) is 0 Å². The Balaban J connectivity index is 1.17. The van der Waals surface area contributed by atoms with Gasteiger partial charge in [0.2, 0.25) is 5.95 Å². The van der Waals surface area contributed by atoms with Crippen LogP contribution in [0.25, 0.3) is 111 Å². The van der Waals surface area contributed by atoms with Gasteiger partial charge in [0, 0.05) is 49.1 Å². The first-order valence-corrected chi connectivity index (χ1v) is 22.0. The molecule has 12 aromatic rings. The van der Waals surface area contributed by atoms with Gasteiger partial charge in [-0.3, -0.25) is 4.57 Å².